The molecule has 0 aliphatic carbocycles. The number of nitrogens with one attached hydrogen (secondary N) is 1. The van der Waals surface area contributed by atoms with Gasteiger partial charge in [0.05, 0.1) is 16.5 Å². The van der Waals surface area contributed by atoms with E-state index in [1.807, 2.05) is 13.0 Å². The van der Waals surface area contributed by atoms with Gasteiger partial charge in [-0.05, 0) is 37.6 Å². The Morgan fingerprint density at radius 1 is 1.38 bits per heavy atom. The molecule has 0 saturated carbocycles. The fraction of sp³-hybridized carbons (Fsp3) is 0.364. The summed E-state index contributed by atoms with van der Waals surface area (Å²) < 4.78 is 26.2. The highest BCUT2D eigenvalue weighted by Gasteiger charge is 2.15. The van der Waals surface area contributed by atoms with Crippen molar-refractivity contribution >= 4 is 10.0 Å². The van der Waals surface area contributed by atoms with Gasteiger partial charge in [0.15, 0.2) is 0 Å². The zero-order chi connectivity index (χ0) is 12.2. The van der Waals surface area contributed by atoms with Crippen LogP contribution < -0.4 is 4.72 Å². The molecule has 0 spiro atoms. The van der Waals surface area contributed by atoms with Crippen LogP contribution in [0.4, 0.5) is 0 Å². The van der Waals surface area contributed by atoms with Crippen molar-refractivity contribution in [2.75, 3.05) is 0 Å². The highest BCUT2D eigenvalue weighted by atomic mass is 32.2. The normalized spacial score (nSPS) is 13.1. The van der Waals surface area contributed by atoms with Crippen LogP contribution in [0.15, 0.2) is 29.2 Å². The van der Waals surface area contributed by atoms with Gasteiger partial charge in [0, 0.05) is 6.04 Å². The Kier molecular flexibility index (Phi) is 4.05. The van der Waals surface area contributed by atoms with Crippen LogP contribution in [0.25, 0.3) is 0 Å². The van der Waals surface area contributed by atoms with E-state index in [-0.39, 0.29) is 10.9 Å². The van der Waals surface area contributed by atoms with Crippen LogP contribution in [-0.4, -0.2) is 14.5 Å². The number of benzene rings is 1. The number of rotatable bonds is 4. The Balaban J connectivity index is 2.95. The van der Waals surface area contributed by atoms with Crippen LogP contribution in [0, 0.1) is 11.3 Å². The van der Waals surface area contributed by atoms with Crippen molar-refractivity contribution in [3.05, 3.63) is 29.8 Å². The van der Waals surface area contributed by atoms with Crippen molar-refractivity contribution in [1.29, 1.82) is 5.26 Å². The second kappa shape index (κ2) is 5.10. The first-order valence-electron chi connectivity index (χ1n) is 5.02. The number of nitrogens with zero attached hydrogens (tertiary/aromatic N) is 1. The first-order chi connectivity index (χ1) is 7.49. The first kappa shape index (κ1) is 12.7. The van der Waals surface area contributed by atoms with Crippen molar-refractivity contribution in [2.24, 2.45) is 0 Å². The molecule has 1 rings (SSSR count). The Hall–Kier alpha value is -1.38. The fourth-order valence-electron chi connectivity index (χ4n) is 1.12. The maximum Gasteiger partial charge on any atom is 0.240 e. The minimum absolute atomic E-state index is 0.0966. The molecule has 1 aromatic rings. The molecule has 0 aliphatic rings. The Morgan fingerprint density at radius 2 is 1.94 bits per heavy atom. The predicted octanol–water partition coefficient (Wildman–Crippen LogP) is 1.64. The van der Waals surface area contributed by atoms with Gasteiger partial charge in [-0.15, -0.1) is 0 Å². The molecule has 0 radical (unpaired) electrons. The van der Waals surface area contributed by atoms with E-state index >= 15 is 0 Å². The van der Waals surface area contributed by atoms with Crippen LogP contribution in [0.5, 0.6) is 0 Å². The summed E-state index contributed by atoms with van der Waals surface area (Å²) in [7, 11) is -3.46. The van der Waals surface area contributed by atoms with Gasteiger partial charge >= 0.3 is 0 Å². The number of nitriles is 1. The molecule has 0 fully saturated rings. The highest BCUT2D eigenvalue weighted by Crippen LogP contribution is 2.10. The van der Waals surface area contributed by atoms with Gasteiger partial charge in [0.2, 0.25) is 10.0 Å². The monoisotopic (exact) mass is 238 g/mol. The minimum atomic E-state index is -3.46. The summed E-state index contributed by atoms with van der Waals surface area (Å²) in [6.45, 7) is 3.72. The van der Waals surface area contributed by atoms with Gasteiger partial charge < -0.3 is 0 Å². The quantitative estimate of drug-likeness (QED) is 0.866. The van der Waals surface area contributed by atoms with Gasteiger partial charge in [-0.3, -0.25) is 0 Å². The third-order valence-corrected chi connectivity index (χ3v) is 3.87. The molecule has 0 heterocycles. The minimum Gasteiger partial charge on any atom is -0.208 e. The fourth-order valence-corrected chi connectivity index (χ4v) is 2.45. The van der Waals surface area contributed by atoms with E-state index < -0.39 is 10.0 Å². The van der Waals surface area contributed by atoms with E-state index in [0.29, 0.717) is 5.56 Å². The average Bonchev–Trinajstić information content (AvgIpc) is 2.28. The molecule has 0 amide bonds. The molecule has 0 bridgehead atoms. The number of sulfonamides is 1. The summed E-state index contributed by atoms with van der Waals surface area (Å²) in [5.41, 5.74) is 0.447. The zero-order valence-corrected chi connectivity index (χ0v) is 10.1. The lowest BCUT2D eigenvalue weighted by molar-refractivity contribution is 0.556. The van der Waals surface area contributed by atoms with E-state index in [2.05, 4.69) is 4.72 Å². The molecular formula is C11H14N2O2S. The number of hydrogen-bond acceptors (Lipinski definition) is 3. The van der Waals surface area contributed by atoms with E-state index in [0.717, 1.165) is 6.42 Å². The third-order valence-electron chi connectivity index (χ3n) is 2.26. The van der Waals surface area contributed by atoms with Crippen LogP contribution >= 0.6 is 0 Å². The Bertz CT molecular complexity index is 486. The molecule has 0 aromatic heterocycles. The summed E-state index contributed by atoms with van der Waals surface area (Å²) in [4.78, 5) is 0.187. The average molecular weight is 238 g/mol. The lowest BCUT2D eigenvalue weighted by Crippen LogP contribution is -2.31. The SMILES string of the molecule is CCC(C)NS(=O)(=O)c1ccc(C#N)cc1. The maximum atomic E-state index is 11.8. The van der Waals surface area contributed by atoms with E-state index in [1.54, 1.807) is 6.92 Å². The summed E-state index contributed by atoms with van der Waals surface area (Å²) in [6, 6.07) is 7.70. The van der Waals surface area contributed by atoms with Crippen LogP contribution in [0.1, 0.15) is 25.8 Å². The summed E-state index contributed by atoms with van der Waals surface area (Å²) in [6.07, 6.45) is 0.732. The molecule has 16 heavy (non-hydrogen) atoms. The molecule has 1 aromatic carbocycles. The molecule has 4 nitrogen and oxygen atoms in total. The van der Waals surface area contributed by atoms with Gasteiger partial charge in [-0.25, -0.2) is 13.1 Å². The largest absolute Gasteiger partial charge is 0.240 e. The molecule has 0 aliphatic heterocycles. The Labute approximate surface area is 96.0 Å². The smallest absolute Gasteiger partial charge is 0.208 e. The molecule has 86 valence electrons. The third kappa shape index (κ3) is 3.05. The van der Waals surface area contributed by atoms with Gasteiger partial charge in [0.25, 0.3) is 0 Å². The van der Waals surface area contributed by atoms with Gasteiger partial charge in [0.1, 0.15) is 0 Å². The predicted molar refractivity (Wildman–Crippen MR) is 61.2 cm³/mol. The van der Waals surface area contributed by atoms with Crippen molar-refractivity contribution in [3.8, 4) is 6.07 Å². The standard InChI is InChI=1S/C11H14N2O2S/c1-3-9(2)13-16(14,15)11-6-4-10(8-12)5-7-11/h4-7,9,13H,3H2,1-2H3. The van der Waals surface area contributed by atoms with Crippen LogP contribution in [0.2, 0.25) is 0 Å². The van der Waals surface area contributed by atoms with Gasteiger partial charge in [-0.1, -0.05) is 6.92 Å². The highest BCUT2D eigenvalue weighted by molar-refractivity contribution is 7.89. The van der Waals surface area contributed by atoms with E-state index in [9.17, 15) is 8.42 Å². The summed E-state index contributed by atoms with van der Waals surface area (Å²) in [5, 5.41) is 8.60. The molecular weight excluding hydrogens is 224 g/mol. The van der Waals surface area contributed by atoms with Crippen molar-refractivity contribution in [3.63, 3.8) is 0 Å². The molecule has 0 saturated heterocycles. The van der Waals surface area contributed by atoms with E-state index in [1.165, 1.54) is 24.3 Å². The van der Waals surface area contributed by atoms with Crippen LogP contribution in [0.3, 0.4) is 0 Å². The Morgan fingerprint density at radius 3 is 2.38 bits per heavy atom. The lowest BCUT2D eigenvalue weighted by Gasteiger charge is -2.11. The van der Waals surface area contributed by atoms with Gasteiger partial charge in [-0.2, -0.15) is 5.26 Å². The second-order valence-corrected chi connectivity index (χ2v) is 5.28. The lowest BCUT2D eigenvalue weighted by atomic mass is 10.2. The molecule has 1 N–H and O–H groups in total. The number of hydrogen-bond donors (Lipinski definition) is 1. The maximum absolute atomic E-state index is 11.8. The molecule has 5 heteroatoms. The van der Waals surface area contributed by atoms with Crippen molar-refractivity contribution < 1.29 is 8.42 Å². The first-order valence-corrected chi connectivity index (χ1v) is 6.50. The van der Waals surface area contributed by atoms with E-state index in [4.69, 9.17) is 5.26 Å². The molecule has 1 unspecified atom stereocenters. The second-order valence-electron chi connectivity index (χ2n) is 3.57. The molecule has 1 atom stereocenters. The zero-order valence-electron chi connectivity index (χ0n) is 9.27. The topological polar surface area (TPSA) is 70.0 Å². The summed E-state index contributed by atoms with van der Waals surface area (Å²) in [5.74, 6) is 0. The van der Waals surface area contributed by atoms with Crippen LogP contribution in [-0.2, 0) is 10.0 Å². The van der Waals surface area contributed by atoms with Crippen molar-refractivity contribution in [1.82, 2.24) is 4.72 Å². The summed E-state index contributed by atoms with van der Waals surface area (Å²) >= 11 is 0. The van der Waals surface area contributed by atoms with Crippen molar-refractivity contribution in [2.45, 2.75) is 31.2 Å².